The summed E-state index contributed by atoms with van der Waals surface area (Å²) in [6.07, 6.45) is 3.71. The summed E-state index contributed by atoms with van der Waals surface area (Å²) in [7, 11) is 1.84. The van der Waals surface area contributed by atoms with E-state index in [2.05, 4.69) is 5.32 Å². The first-order valence-electron chi connectivity index (χ1n) is 5.37. The zero-order valence-corrected chi connectivity index (χ0v) is 8.82. The van der Waals surface area contributed by atoms with Gasteiger partial charge in [-0.1, -0.05) is 6.42 Å². The Labute approximate surface area is 88.5 Å². The van der Waals surface area contributed by atoms with Crippen molar-refractivity contribution in [1.29, 1.82) is 0 Å². The summed E-state index contributed by atoms with van der Waals surface area (Å²) in [5, 5.41) is 3.12. The highest BCUT2D eigenvalue weighted by atomic mass is 19.1. The van der Waals surface area contributed by atoms with Gasteiger partial charge in [0, 0.05) is 12.1 Å². The SMILES string of the molecule is CNC1CCCCc2c(F)cc(F)cc21. The van der Waals surface area contributed by atoms with Crippen molar-refractivity contribution in [2.24, 2.45) is 0 Å². The minimum Gasteiger partial charge on any atom is -0.313 e. The molecule has 0 fully saturated rings. The standard InChI is InChI=1S/C12H15F2N/c1-15-12-5-3-2-4-9-10(12)6-8(13)7-11(9)14/h6-7,12,15H,2-5H2,1H3. The fourth-order valence-corrected chi connectivity index (χ4v) is 2.30. The molecule has 15 heavy (non-hydrogen) atoms. The molecular formula is C12H15F2N. The van der Waals surface area contributed by atoms with E-state index in [-0.39, 0.29) is 6.04 Å². The second-order valence-corrected chi connectivity index (χ2v) is 4.04. The van der Waals surface area contributed by atoms with E-state index in [9.17, 15) is 8.78 Å². The van der Waals surface area contributed by atoms with Crippen LogP contribution in [-0.4, -0.2) is 7.05 Å². The molecule has 0 bridgehead atoms. The van der Waals surface area contributed by atoms with Gasteiger partial charge in [-0.25, -0.2) is 8.78 Å². The van der Waals surface area contributed by atoms with E-state index in [1.807, 2.05) is 7.05 Å². The normalized spacial score (nSPS) is 20.9. The molecule has 1 aliphatic rings. The van der Waals surface area contributed by atoms with Crippen LogP contribution < -0.4 is 5.32 Å². The minimum absolute atomic E-state index is 0.0905. The third-order valence-electron chi connectivity index (χ3n) is 3.09. The smallest absolute Gasteiger partial charge is 0.129 e. The van der Waals surface area contributed by atoms with E-state index >= 15 is 0 Å². The van der Waals surface area contributed by atoms with E-state index in [1.165, 1.54) is 6.07 Å². The summed E-state index contributed by atoms with van der Waals surface area (Å²) >= 11 is 0. The van der Waals surface area contributed by atoms with Crippen molar-refractivity contribution in [2.45, 2.75) is 31.7 Å². The molecule has 0 aliphatic heterocycles. The number of hydrogen-bond donors (Lipinski definition) is 1. The summed E-state index contributed by atoms with van der Waals surface area (Å²) in [6, 6.07) is 2.54. The van der Waals surface area contributed by atoms with Crippen LogP contribution in [0, 0.1) is 11.6 Å². The number of halogens is 2. The van der Waals surface area contributed by atoms with Crippen LogP contribution in [0.25, 0.3) is 0 Å². The van der Waals surface area contributed by atoms with Crippen molar-refractivity contribution in [3.05, 3.63) is 34.9 Å². The topological polar surface area (TPSA) is 12.0 Å². The zero-order chi connectivity index (χ0) is 10.8. The van der Waals surface area contributed by atoms with E-state index < -0.39 is 11.6 Å². The van der Waals surface area contributed by atoms with Crippen LogP contribution in [-0.2, 0) is 6.42 Å². The lowest BCUT2D eigenvalue weighted by Gasteiger charge is -2.17. The molecule has 1 N–H and O–H groups in total. The molecule has 0 amide bonds. The summed E-state index contributed by atoms with van der Waals surface area (Å²) < 4.78 is 26.7. The van der Waals surface area contributed by atoms with Gasteiger partial charge in [0.15, 0.2) is 0 Å². The van der Waals surface area contributed by atoms with Crippen LogP contribution in [0.4, 0.5) is 8.78 Å². The molecule has 0 saturated carbocycles. The van der Waals surface area contributed by atoms with Gasteiger partial charge in [-0.15, -0.1) is 0 Å². The molecule has 1 nitrogen and oxygen atoms in total. The number of nitrogens with one attached hydrogen (secondary N) is 1. The highest BCUT2D eigenvalue weighted by Crippen LogP contribution is 2.30. The third-order valence-corrected chi connectivity index (χ3v) is 3.09. The molecule has 0 spiro atoms. The van der Waals surface area contributed by atoms with Crippen molar-refractivity contribution in [2.75, 3.05) is 7.05 Å². The maximum atomic E-state index is 13.6. The Hall–Kier alpha value is -0.960. The van der Waals surface area contributed by atoms with Crippen LogP contribution in [0.3, 0.4) is 0 Å². The lowest BCUT2D eigenvalue weighted by molar-refractivity contribution is 0.524. The molecule has 3 heteroatoms. The Morgan fingerprint density at radius 1 is 1.27 bits per heavy atom. The predicted octanol–water partition coefficient (Wildman–Crippen LogP) is 2.95. The van der Waals surface area contributed by atoms with Gasteiger partial charge in [0.25, 0.3) is 0 Å². The Morgan fingerprint density at radius 2 is 2.07 bits per heavy atom. The molecule has 2 rings (SSSR count). The van der Waals surface area contributed by atoms with E-state index in [0.717, 1.165) is 37.3 Å². The summed E-state index contributed by atoms with van der Waals surface area (Å²) in [4.78, 5) is 0. The van der Waals surface area contributed by atoms with Gasteiger partial charge < -0.3 is 5.32 Å². The maximum Gasteiger partial charge on any atom is 0.129 e. The first-order chi connectivity index (χ1) is 7.22. The van der Waals surface area contributed by atoms with E-state index in [0.29, 0.717) is 5.56 Å². The summed E-state index contributed by atoms with van der Waals surface area (Å²) in [6.45, 7) is 0. The summed E-state index contributed by atoms with van der Waals surface area (Å²) in [5.74, 6) is -0.874. The fraction of sp³-hybridized carbons (Fsp3) is 0.500. The number of rotatable bonds is 1. The van der Waals surface area contributed by atoms with Crippen LogP contribution in [0.5, 0.6) is 0 Å². The van der Waals surface area contributed by atoms with Gasteiger partial charge in [-0.05, 0) is 43.5 Å². The first-order valence-corrected chi connectivity index (χ1v) is 5.37. The summed E-state index contributed by atoms with van der Waals surface area (Å²) in [5.41, 5.74) is 1.49. The molecule has 1 unspecified atom stereocenters. The minimum atomic E-state index is -0.478. The molecule has 0 saturated heterocycles. The average Bonchev–Trinajstić information content (AvgIpc) is 2.39. The van der Waals surface area contributed by atoms with Gasteiger partial charge in [0.05, 0.1) is 0 Å². The molecule has 1 aromatic rings. The van der Waals surface area contributed by atoms with Gasteiger partial charge in [-0.2, -0.15) is 0 Å². The molecule has 82 valence electrons. The number of fused-ring (bicyclic) bond motifs is 1. The van der Waals surface area contributed by atoms with Crippen LogP contribution in [0.1, 0.15) is 36.4 Å². The lowest BCUT2D eigenvalue weighted by Crippen LogP contribution is -2.17. The number of benzene rings is 1. The molecular weight excluding hydrogens is 196 g/mol. The van der Waals surface area contributed by atoms with Gasteiger partial charge in [-0.3, -0.25) is 0 Å². The van der Waals surface area contributed by atoms with E-state index in [4.69, 9.17) is 0 Å². The van der Waals surface area contributed by atoms with Gasteiger partial charge in [0.1, 0.15) is 11.6 Å². The van der Waals surface area contributed by atoms with Crippen molar-refractivity contribution in [3.8, 4) is 0 Å². The van der Waals surface area contributed by atoms with Crippen LogP contribution in [0.2, 0.25) is 0 Å². The lowest BCUT2D eigenvalue weighted by atomic mass is 9.98. The Morgan fingerprint density at radius 3 is 2.80 bits per heavy atom. The average molecular weight is 211 g/mol. The maximum absolute atomic E-state index is 13.6. The largest absolute Gasteiger partial charge is 0.313 e. The monoisotopic (exact) mass is 211 g/mol. The first kappa shape index (κ1) is 10.6. The third kappa shape index (κ3) is 2.02. The molecule has 1 aliphatic carbocycles. The van der Waals surface area contributed by atoms with Crippen molar-refractivity contribution < 1.29 is 8.78 Å². The predicted molar refractivity (Wildman–Crippen MR) is 55.7 cm³/mol. The Kier molecular flexibility index (Phi) is 3.00. The molecule has 0 radical (unpaired) electrons. The quantitative estimate of drug-likeness (QED) is 0.704. The Balaban J connectivity index is 2.50. The van der Waals surface area contributed by atoms with Crippen molar-refractivity contribution in [3.63, 3.8) is 0 Å². The number of hydrogen-bond acceptors (Lipinski definition) is 1. The van der Waals surface area contributed by atoms with Crippen LogP contribution in [0.15, 0.2) is 12.1 Å². The van der Waals surface area contributed by atoms with Gasteiger partial charge >= 0.3 is 0 Å². The van der Waals surface area contributed by atoms with E-state index in [1.54, 1.807) is 0 Å². The molecule has 1 atom stereocenters. The highest BCUT2D eigenvalue weighted by Gasteiger charge is 2.20. The fourth-order valence-electron chi connectivity index (χ4n) is 2.30. The van der Waals surface area contributed by atoms with Crippen molar-refractivity contribution in [1.82, 2.24) is 5.32 Å². The van der Waals surface area contributed by atoms with Gasteiger partial charge in [0.2, 0.25) is 0 Å². The molecule has 0 aromatic heterocycles. The second-order valence-electron chi connectivity index (χ2n) is 4.04. The highest BCUT2D eigenvalue weighted by molar-refractivity contribution is 5.33. The van der Waals surface area contributed by atoms with Crippen LogP contribution >= 0.6 is 0 Å². The Bertz CT molecular complexity index is 363. The molecule has 0 heterocycles. The van der Waals surface area contributed by atoms with Crippen molar-refractivity contribution >= 4 is 0 Å². The molecule has 1 aromatic carbocycles. The second kappa shape index (κ2) is 4.27. The zero-order valence-electron chi connectivity index (χ0n) is 8.82.